The molecule has 1 aliphatic rings. The molecule has 3 heterocycles. The highest BCUT2D eigenvalue weighted by atomic mass is 32.2. The minimum Gasteiger partial charge on any atom is -0.264 e. The van der Waals surface area contributed by atoms with Crippen molar-refractivity contribution in [3.8, 4) is 11.4 Å². The Hall–Kier alpha value is -2.65. The van der Waals surface area contributed by atoms with Gasteiger partial charge in [0.2, 0.25) is 15.8 Å². The summed E-state index contributed by atoms with van der Waals surface area (Å²) in [5, 5.41) is 12.5. The first-order valence-electron chi connectivity index (χ1n) is 8.83. The Bertz CT molecular complexity index is 991. The van der Waals surface area contributed by atoms with Crippen LogP contribution in [0, 0.1) is 0 Å². The molecular weight excluding hydrogens is 364 g/mol. The number of sulfonamides is 1. The largest absolute Gasteiger partial charge is 0.264 e. The molecule has 0 unspecified atom stereocenters. The van der Waals surface area contributed by atoms with E-state index >= 15 is 0 Å². The molecule has 0 aliphatic carbocycles. The Morgan fingerprint density at radius 2 is 1.96 bits per heavy atom. The monoisotopic (exact) mass is 384 g/mol. The van der Waals surface area contributed by atoms with E-state index in [2.05, 4.69) is 20.4 Å². The molecular formula is C18H20N6O2S. The zero-order valence-electron chi connectivity index (χ0n) is 14.7. The number of hydrogen-bond donors (Lipinski definition) is 0. The minimum absolute atomic E-state index is 0.00998. The molecule has 8 nitrogen and oxygen atoms in total. The van der Waals surface area contributed by atoms with Crippen LogP contribution in [0.4, 0.5) is 0 Å². The molecule has 140 valence electrons. The van der Waals surface area contributed by atoms with Gasteiger partial charge in [-0.1, -0.05) is 30.3 Å². The summed E-state index contributed by atoms with van der Waals surface area (Å²) in [5.74, 6) is 0.496. The van der Waals surface area contributed by atoms with Crippen LogP contribution in [0.15, 0.2) is 54.9 Å². The normalized spacial score (nSPS) is 18.0. The Morgan fingerprint density at radius 1 is 1.11 bits per heavy atom. The maximum atomic E-state index is 12.9. The third kappa shape index (κ3) is 4.04. The number of hydrogen-bond acceptors (Lipinski definition) is 6. The summed E-state index contributed by atoms with van der Waals surface area (Å²) in [7, 11) is -3.39. The molecule has 3 aromatic rings. The van der Waals surface area contributed by atoms with Gasteiger partial charge < -0.3 is 0 Å². The summed E-state index contributed by atoms with van der Waals surface area (Å²) in [6.07, 6.45) is 4.98. The van der Waals surface area contributed by atoms with Crippen molar-refractivity contribution < 1.29 is 8.42 Å². The average molecular weight is 384 g/mol. The fourth-order valence-corrected chi connectivity index (χ4v) is 5.16. The molecule has 2 aromatic heterocycles. The maximum Gasteiger partial charge on any atom is 0.218 e. The predicted octanol–water partition coefficient (Wildman–Crippen LogP) is 1.73. The maximum absolute atomic E-state index is 12.9. The lowest BCUT2D eigenvalue weighted by Crippen LogP contribution is -2.39. The number of tetrazole rings is 1. The summed E-state index contributed by atoms with van der Waals surface area (Å²) in [6, 6.07) is 12.8. The molecule has 1 saturated heterocycles. The van der Waals surface area contributed by atoms with Crippen molar-refractivity contribution in [3.05, 3.63) is 60.4 Å². The van der Waals surface area contributed by atoms with Crippen LogP contribution in [-0.2, 0) is 22.3 Å². The van der Waals surface area contributed by atoms with Crippen LogP contribution in [0.25, 0.3) is 11.4 Å². The number of pyridine rings is 1. The Kier molecular flexibility index (Phi) is 4.95. The highest BCUT2D eigenvalue weighted by Crippen LogP contribution is 2.24. The van der Waals surface area contributed by atoms with Crippen molar-refractivity contribution in [3.63, 3.8) is 0 Å². The highest BCUT2D eigenvalue weighted by molar-refractivity contribution is 7.88. The van der Waals surface area contributed by atoms with Crippen LogP contribution >= 0.6 is 0 Å². The van der Waals surface area contributed by atoms with Crippen molar-refractivity contribution in [2.75, 3.05) is 6.54 Å². The summed E-state index contributed by atoms with van der Waals surface area (Å²) < 4.78 is 27.4. The van der Waals surface area contributed by atoms with Crippen molar-refractivity contribution in [1.82, 2.24) is 29.5 Å². The molecule has 1 aliphatic heterocycles. The van der Waals surface area contributed by atoms with Crippen LogP contribution < -0.4 is 0 Å². The SMILES string of the molecule is O=S(=O)(Cc1ccccc1)N1CCC[C@H]1Cn1nnc(-c2cccnc2)n1. The van der Waals surface area contributed by atoms with Gasteiger partial charge in [-0.2, -0.15) is 9.10 Å². The fraction of sp³-hybridized carbons (Fsp3) is 0.333. The number of rotatable bonds is 6. The zero-order chi connectivity index (χ0) is 18.7. The lowest BCUT2D eigenvalue weighted by molar-refractivity contribution is 0.323. The van der Waals surface area contributed by atoms with Gasteiger partial charge in [0.1, 0.15) is 0 Å². The van der Waals surface area contributed by atoms with Crippen LogP contribution in [0.5, 0.6) is 0 Å². The van der Waals surface area contributed by atoms with E-state index in [0.717, 1.165) is 24.0 Å². The lowest BCUT2D eigenvalue weighted by Gasteiger charge is -2.23. The summed E-state index contributed by atoms with van der Waals surface area (Å²) >= 11 is 0. The van der Waals surface area contributed by atoms with Gasteiger partial charge in [-0.15, -0.1) is 10.2 Å². The average Bonchev–Trinajstić information content (AvgIpc) is 3.33. The smallest absolute Gasteiger partial charge is 0.218 e. The van der Waals surface area contributed by atoms with E-state index in [0.29, 0.717) is 18.9 Å². The molecule has 0 spiro atoms. The van der Waals surface area contributed by atoms with Crippen LogP contribution in [0.1, 0.15) is 18.4 Å². The van der Waals surface area contributed by atoms with Gasteiger partial charge in [-0.05, 0) is 35.8 Å². The van der Waals surface area contributed by atoms with Gasteiger partial charge in [0.15, 0.2) is 0 Å². The fourth-order valence-electron chi connectivity index (χ4n) is 3.35. The van der Waals surface area contributed by atoms with E-state index in [1.54, 1.807) is 16.7 Å². The molecule has 0 bridgehead atoms. The van der Waals surface area contributed by atoms with Crippen molar-refractivity contribution in [1.29, 1.82) is 0 Å². The second-order valence-corrected chi connectivity index (χ2v) is 8.48. The summed E-state index contributed by atoms with van der Waals surface area (Å²) in [6.45, 7) is 0.922. The van der Waals surface area contributed by atoms with Crippen LogP contribution in [0.2, 0.25) is 0 Å². The van der Waals surface area contributed by atoms with Crippen molar-refractivity contribution in [2.45, 2.75) is 31.2 Å². The zero-order valence-corrected chi connectivity index (χ0v) is 15.5. The van der Waals surface area contributed by atoms with Gasteiger partial charge in [0.25, 0.3) is 0 Å². The van der Waals surface area contributed by atoms with Crippen LogP contribution in [0.3, 0.4) is 0 Å². The van der Waals surface area contributed by atoms with Crippen molar-refractivity contribution >= 4 is 10.0 Å². The Morgan fingerprint density at radius 3 is 2.74 bits per heavy atom. The second kappa shape index (κ2) is 7.53. The highest BCUT2D eigenvalue weighted by Gasteiger charge is 2.34. The molecule has 27 heavy (non-hydrogen) atoms. The first kappa shape index (κ1) is 17.7. The molecule has 9 heteroatoms. The molecule has 4 rings (SSSR count). The first-order valence-corrected chi connectivity index (χ1v) is 10.4. The van der Waals surface area contributed by atoms with Gasteiger partial charge in [-0.3, -0.25) is 4.98 Å². The first-order chi connectivity index (χ1) is 13.1. The van der Waals surface area contributed by atoms with E-state index in [-0.39, 0.29) is 11.8 Å². The van der Waals surface area contributed by atoms with E-state index in [1.807, 2.05) is 42.5 Å². The predicted molar refractivity (Wildman–Crippen MR) is 99.8 cm³/mol. The quantitative estimate of drug-likeness (QED) is 0.642. The standard InChI is InChI=1S/C18H20N6O2S/c25-27(26,14-15-6-2-1-3-7-15)23-11-5-9-17(23)13-24-21-18(20-22-24)16-8-4-10-19-12-16/h1-4,6-8,10,12,17H,5,9,11,13-14H2/t17-/m0/s1. The van der Waals surface area contributed by atoms with E-state index < -0.39 is 10.0 Å². The molecule has 1 atom stereocenters. The molecule has 0 N–H and O–H groups in total. The molecule has 1 aromatic carbocycles. The van der Waals surface area contributed by atoms with E-state index in [4.69, 9.17) is 0 Å². The van der Waals surface area contributed by atoms with E-state index in [9.17, 15) is 8.42 Å². The van der Waals surface area contributed by atoms with Gasteiger partial charge >= 0.3 is 0 Å². The second-order valence-electron chi connectivity index (χ2n) is 6.56. The summed E-state index contributed by atoms with van der Waals surface area (Å²) in [4.78, 5) is 5.53. The number of aromatic nitrogens is 5. The van der Waals surface area contributed by atoms with Gasteiger partial charge in [-0.25, -0.2) is 8.42 Å². The summed E-state index contributed by atoms with van der Waals surface area (Å²) in [5.41, 5.74) is 1.57. The third-order valence-electron chi connectivity index (χ3n) is 4.62. The third-order valence-corrected chi connectivity index (χ3v) is 6.51. The number of benzene rings is 1. The Balaban J connectivity index is 1.48. The van der Waals surface area contributed by atoms with Crippen molar-refractivity contribution in [2.24, 2.45) is 0 Å². The molecule has 0 saturated carbocycles. The van der Waals surface area contributed by atoms with Crippen LogP contribution in [-0.4, -0.2) is 50.5 Å². The van der Waals surface area contributed by atoms with E-state index in [1.165, 1.54) is 4.80 Å². The molecule has 0 amide bonds. The van der Waals surface area contributed by atoms with Gasteiger partial charge in [0.05, 0.1) is 12.3 Å². The lowest BCUT2D eigenvalue weighted by atomic mass is 10.2. The topological polar surface area (TPSA) is 93.9 Å². The number of nitrogens with zero attached hydrogens (tertiary/aromatic N) is 6. The van der Waals surface area contributed by atoms with Gasteiger partial charge in [0, 0.05) is 30.5 Å². The molecule has 1 fully saturated rings. The Labute approximate surface area is 157 Å². The molecule has 0 radical (unpaired) electrons. The minimum atomic E-state index is -3.39.